The molecule has 23 heavy (non-hydrogen) atoms. The number of carbonyl (C=O) groups excluding carboxylic acids is 2. The van der Waals surface area contributed by atoms with Crippen LogP contribution in [0.25, 0.3) is 0 Å². The summed E-state index contributed by atoms with van der Waals surface area (Å²) in [6.45, 7) is 5.58. The second-order valence-corrected chi connectivity index (χ2v) is 5.93. The first kappa shape index (κ1) is 16.9. The Labute approximate surface area is 138 Å². The first-order chi connectivity index (χ1) is 10.9. The number of rotatable bonds is 6. The first-order valence-corrected chi connectivity index (χ1v) is 7.95. The zero-order chi connectivity index (χ0) is 16.8. The number of aromatic nitrogens is 2. The van der Waals surface area contributed by atoms with Gasteiger partial charge in [-0.25, -0.2) is 9.97 Å². The van der Waals surface area contributed by atoms with E-state index in [0.717, 1.165) is 5.56 Å². The molecule has 0 saturated carbocycles. The van der Waals surface area contributed by atoms with Gasteiger partial charge in [0.2, 0.25) is 11.8 Å². The topological polar surface area (TPSA) is 93.2 Å². The molecule has 2 N–H and O–H groups in total. The van der Waals surface area contributed by atoms with Crippen LogP contribution >= 0.6 is 11.3 Å². The molecule has 0 aliphatic carbocycles. The fourth-order valence-corrected chi connectivity index (χ4v) is 2.42. The average Bonchev–Trinajstić information content (AvgIpc) is 2.93. The summed E-state index contributed by atoms with van der Waals surface area (Å²) < 4.78 is 5.46. The summed E-state index contributed by atoms with van der Waals surface area (Å²) in [4.78, 5) is 31.2. The van der Waals surface area contributed by atoms with Crippen molar-refractivity contribution in [3.05, 3.63) is 35.0 Å². The Balaban J connectivity index is 1.88. The van der Waals surface area contributed by atoms with E-state index >= 15 is 0 Å². The molecule has 0 bridgehead atoms. The van der Waals surface area contributed by atoms with Gasteiger partial charge in [0.1, 0.15) is 5.69 Å². The van der Waals surface area contributed by atoms with Crippen molar-refractivity contribution in [3.8, 4) is 5.88 Å². The van der Waals surface area contributed by atoms with Gasteiger partial charge in [-0.1, -0.05) is 6.07 Å². The highest BCUT2D eigenvalue weighted by Crippen LogP contribution is 2.15. The molecule has 2 heterocycles. The number of anilines is 1. The number of nitrogens with one attached hydrogen (secondary N) is 2. The van der Waals surface area contributed by atoms with Gasteiger partial charge in [-0.3, -0.25) is 9.59 Å². The van der Waals surface area contributed by atoms with Crippen molar-refractivity contribution < 1.29 is 14.3 Å². The molecule has 2 amide bonds. The van der Waals surface area contributed by atoms with Gasteiger partial charge in [0, 0.05) is 31.1 Å². The molecule has 0 unspecified atom stereocenters. The lowest BCUT2D eigenvalue weighted by Gasteiger charge is -2.09. The van der Waals surface area contributed by atoms with Crippen LogP contribution < -0.4 is 15.4 Å². The molecule has 0 aliphatic rings. The van der Waals surface area contributed by atoms with Gasteiger partial charge in [0.05, 0.1) is 6.10 Å². The summed E-state index contributed by atoms with van der Waals surface area (Å²) in [6, 6.07) is 3.61. The van der Waals surface area contributed by atoms with Crippen LogP contribution in [-0.4, -0.2) is 27.9 Å². The number of nitrogens with zero attached hydrogens (tertiary/aromatic N) is 2. The van der Waals surface area contributed by atoms with Gasteiger partial charge in [0.25, 0.3) is 5.91 Å². The maximum absolute atomic E-state index is 12.0. The minimum atomic E-state index is -0.305. The van der Waals surface area contributed by atoms with Crippen molar-refractivity contribution in [1.29, 1.82) is 0 Å². The van der Waals surface area contributed by atoms with Crippen LogP contribution in [0.1, 0.15) is 36.8 Å². The van der Waals surface area contributed by atoms with Crippen molar-refractivity contribution in [2.75, 3.05) is 5.32 Å². The third-order valence-electron chi connectivity index (χ3n) is 2.63. The van der Waals surface area contributed by atoms with E-state index in [4.69, 9.17) is 4.74 Å². The molecule has 122 valence electrons. The summed E-state index contributed by atoms with van der Waals surface area (Å²) in [6.07, 6.45) is 1.72. The highest BCUT2D eigenvalue weighted by molar-refractivity contribution is 7.14. The first-order valence-electron chi connectivity index (χ1n) is 7.07. The Bertz CT molecular complexity index is 682. The molecule has 0 spiro atoms. The zero-order valence-electron chi connectivity index (χ0n) is 13.1. The molecule has 0 saturated heterocycles. The molecule has 7 nitrogen and oxygen atoms in total. The monoisotopic (exact) mass is 334 g/mol. The highest BCUT2D eigenvalue weighted by atomic mass is 32.1. The third kappa shape index (κ3) is 5.33. The van der Waals surface area contributed by atoms with Crippen LogP contribution in [0.15, 0.2) is 23.7 Å². The molecule has 0 radical (unpaired) electrons. The molecule has 0 aliphatic heterocycles. The number of hydrogen-bond acceptors (Lipinski definition) is 6. The predicted octanol–water partition coefficient (Wildman–Crippen LogP) is 2.21. The maximum atomic E-state index is 12.0. The fraction of sp³-hybridized carbons (Fsp3) is 0.333. The van der Waals surface area contributed by atoms with E-state index in [1.807, 2.05) is 19.9 Å². The maximum Gasteiger partial charge on any atom is 0.271 e. The van der Waals surface area contributed by atoms with Crippen LogP contribution in [-0.2, 0) is 11.3 Å². The van der Waals surface area contributed by atoms with Gasteiger partial charge in [-0.2, -0.15) is 0 Å². The Hall–Kier alpha value is -2.48. The Morgan fingerprint density at radius 2 is 2.13 bits per heavy atom. The van der Waals surface area contributed by atoms with Crippen LogP contribution in [0.4, 0.5) is 5.13 Å². The Kier molecular flexibility index (Phi) is 5.64. The van der Waals surface area contributed by atoms with Crippen LogP contribution in [0.3, 0.4) is 0 Å². The number of carbonyl (C=O) groups is 2. The third-order valence-corrected chi connectivity index (χ3v) is 3.38. The van der Waals surface area contributed by atoms with E-state index in [1.165, 1.54) is 18.3 Å². The van der Waals surface area contributed by atoms with Crippen molar-refractivity contribution >= 4 is 28.3 Å². The van der Waals surface area contributed by atoms with E-state index < -0.39 is 0 Å². The minimum absolute atomic E-state index is 0.0653. The van der Waals surface area contributed by atoms with E-state index in [2.05, 4.69) is 20.6 Å². The lowest BCUT2D eigenvalue weighted by atomic mass is 10.3. The summed E-state index contributed by atoms with van der Waals surface area (Å²) >= 11 is 1.20. The normalized spacial score (nSPS) is 10.4. The largest absolute Gasteiger partial charge is 0.475 e. The number of amides is 2. The highest BCUT2D eigenvalue weighted by Gasteiger charge is 2.11. The van der Waals surface area contributed by atoms with E-state index in [-0.39, 0.29) is 23.6 Å². The molecular formula is C15H18N4O3S. The number of ether oxygens (including phenoxy) is 1. The molecule has 2 aromatic rings. The van der Waals surface area contributed by atoms with E-state index in [1.54, 1.807) is 17.6 Å². The summed E-state index contributed by atoms with van der Waals surface area (Å²) in [5, 5.41) is 7.29. The lowest BCUT2D eigenvalue weighted by Crippen LogP contribution is -2.23. The van der Waals surface area contributed by atoms with E-state index in [0.29, 0.717) is 17.6 Å². The van der Waals surface area contributed by atoms with Crippen molar-refractivity contribution in [1.82, 2.24) is 15.3 Å². The standard InChI is InChI=1S/C15H18N4O3S/c1-9(2)22-13-5-4-11(6-16-13)7-17-14(21)12-8-23-15(19-12)18-10(3)20/h4-6,8-9H,7H2,1-3H3,(H,17,21)(H,18,19,20). The molecule has 2 aromatic heterocycles. The summed E-state index contributed by atoms with van der Waals surface area (Å²) in [7, 11) is 0. The molecule has 2 rings (SSSR count). The van der Waals surface area contributed by atoms with Crippen LogP contribution in [0.5, 0.6) is 5.88 Å². The summed E-state index contributed by atoms with van der Waals surface area (Å²) in [5.74, 6) is 0.0241. The van der Waals surface area contributed by atoms with Gasteiger partial charge in [-0.15, -0.1) is 11.3 Å². The smallest absolute Gasteiger partial charge is 0.271 e. The van der Waals surface area contributed by atoms with Crippen LogP contribution in [0, 0.1) is 0 Å². The number of thiazole rings is 1. The van der Waals surface area contributed by atoms with Gasteiger partial charge >= 0.3 is 0 Å². The SMILES string of the molecule is CC(=O)Nc1nc(C(=O)NCc2ccc(OC(C)C)nc2)cs1. The number of pyridine rings is 1. The van der Waals surface area contributed by atoms with Crippen LogP contribution in [0.2, 0.25) is 0 Å². The fourth-order valence-electron chi connectivity index (χ4n) is 1.69. The van der Waals surface area contributed by atoms with Crippen molar-refractivity contribution in [2.45, 2.75) is 33.4 Å². The zero-order valence-corrected chi connectivity index (χ0v) is 13.9. The Morgan fingerprint density at radius 3 is 2.74 bits per heavy atom. The summed E-state index contributed by atoms with van der Waals surface area (Å²) in [5.41, 5.74) is 1.12. The molecule has 0 fully saturated rings. The Morgan fingerprint density at radius 1 is 1.35 bits per heavy atom. The van der Waals surface area contributed by atoms with Crippen molar-refractivity contribution in [3.63, 3.8) is 0 Å². The quantitative estimate of drug-likeness (QED) is 0.845. The molecule has 0 atom stereocenters. The lowest BCUT2D eigenvalue weighted by molar-refractivity contribution is -0.114. The van der Waals surface area contributed by atoms with Crippen molar-refractivity contribution in [2.24, 2.45) is 0 Å². The second kappa shape index (κ2) is 7.68. The second-order valence-electron chi connectivity index (χ2n) is 5.07. The van der Waals surface area contributed by atoms with Gasteiger partial charge in [0.15, 0.2) is 5.13 Å². The average molecular weight is 334 g/mol. The number of hydrogen-bond donors (Lipinski definition) is 2. The predicted molar refractivity (Wildman–Crippen MR) is 87.6 cm³/mol. The molecule has 0 aromatic carbocycles. The molecular weight excluding hydrogens is 316 g/mol. The van der Waals surface area contributed by atoms with Gasteiger partial charge in [-0.05, 0) is 19.4 Å². The minimum Gasteiger partial charge on any atom is -0.475 e. The molecule has 8 heteroatoms. The van der Waals surface area contributed by atoms with E-state index in [9.17, 15) is 9.59 Å². The van der Waals surface area contributed by atoms with Gasteiger partial charge < -0.3 is 15.4 Å².